The zero-order chi connectivity index (χ0) is 25.0. The average Bonchev–Trinajstić information content (AvgIpc) is 2.86. The number of rotatable bonds is 8. The Hall–Kier alpha value is -3.12. The van der Waals surface area contributed by atoms with E-state index in [4.69, 9.17) is 0 Å². The Morgan fingerprint density at radius 2 is 1.60 bits per heavy atom. The summed E-state index contributed by atoms with van der Waals surface area (Å²) in [4.78, 5) is 13.0. The Morgan fingerprint density at radius 3 is 2.23 bits per heavy atom. The van der Waals surface area contributed by atoms with E-state index < -0.39 is 10.0 Å². The number of sulfonamides is 1. The van der Waals surface area contributed by atoms with Crippen molar-refractivity contribution in [2.45, 2.75) is 58.5 Å². The number of benzene rings is 3. The number of carbonyl (C=O) groups is 1. The molecule has 0 bridgehead atoms. The molecule has 0 saturated heterocycles. The lowest BCUT2D eigenvalue weighted by atomic mass is 9.88. The van der Waals surface area contributed by atoms with E-state index in [9.17, 15) is 13.2 Å². The van der Waals surface area contributed by atoms with Crippen LogP contribution in [0.2, 0.25) is 0 Å². The van der Waals surface area contributed by atoms with Gasteiger partial charge in [-0.1, -0.05) is 55.0 Å². The SMILES string of the molecule is CC[C@@H](NC(=O)c1ccc(N(Cc2ccc(C)cc2)S(C)(=O)=O)cc1)c1ccc2c(c1)CCCC2. The topological polar surface area (TPSA) is 66.5 Å². The van der Waals surface area contributed by atoms with Crippen LogP contribution in [0.4, 0.5) is 5.69 Å². The highest BCUT2D eigenvalue weighted by molar-refractivity contribution is 7.92. The van der Waals surface area contributed by atoms with Gasteiger partial charge in [0.1, 0.15) is 0 Å². The van der Waals surface area contributed by atoms with Crippen LogP contribution >= 0.6 is 0 Å². The minimum Gasteiger partial charge on any atom is -0.345 e. The minimum atomic E-state index is -3.49. The molecule has 1 amide bonds. The monoisotopic (exact) mass is 490 g/mol. The molecule has 0 saturated carbocycles. The zero-order valence-corrected chi connectivity index (χ0v) is 21.6. The molecule has 4 rings (SSSR count). The third kappa shape index (κ3) is 6.12. The number of amides is 1. The molecule has 1 aliphatic carbocycles. The lowest BCUT2D eigenvalue weighted by Gasteiger charge is -2.23. The zero-order valence-electron chi connectivity index (χ0n) is 20.8. The Balaban J connectivity index is 1.49. The highest BCUT2D eigenvalue weighted by Gasteiger charge is 2.20. The fraction of sp³-hybridized carbons (Fsp3) is 0.345. The Kier molecular flexibility index (Phi) is 7.60. The number of nitrogens with zero attached hydrogens (tertiary/aromatic N) is 1. The first kappa shape index (κ1) is 25.0. The molecule has 0 fully saturated rings. The molecule has 184 valence electrons. The maximum Gasteiger partial charge on any atom is 0.251 e. The number of hydrogen-bond acceptors (Lipinski definition) is 3. The molecular formula is C29H34N2O3S. The van der Waals surface area contributed by atoms with Crippen molar-refractivity contribution >= 4 is 21.6 Å². The normalized spacial score (nSPS) is 14.1. The standard InChI is InChI=1S/C29H34N2O3S/c1-4-28(26-14-13-23-7-5-6-8-25(23)19-26)30-29(32)24-15-17-27(18-16-24)31(35(3,33)34)20-22-11-9-21(2)10-12-22/h9-19,28H,4-8,20H2,1-3H3,(H,30,32)/t28-/m1/s1. The van der Waals surface area contributed by atoms with Crippen molar-refractivity contribution in [3.63, 3.8) is 0 Å². The number of nitrogens with one attached hydrogen (secondary N) is 1. The van der Waals surface area contributed by atoms with Gasteiger partial charge in [0.05, 0.1) is 24.5 Å². The molecule has 0 radical (unpaired) electrons. The summed E-state index contributed by atoms with van der Waals surface area (Å²) >= 11 is 0. The smallest absolute Gasteiger partial charge is 0.251 e. The molecule has 6 heteroatoms. The molecule has 0 heterocycles. The third-order valence-corrected chi connectivity index (χ3v) is 7.89. The average molecular weight is 491 g/mol. The number of aryl methyl sites for hydroxylation is 3. The van der Waals surface area contributed by atoms with Crippen molar-refractivity contribution in [2.24, 2.45) is 0 Å². The van der Waals surface area contributed by atoms with Crippen LogP contribution < -0.4 is 9.62 Å². The molecule has 1 N–H and O–H groups in total. The number of hydrogen-bond donors (Lipinski definition) is 1. The van der Waals surface area contributed by atoms with Gasteiger partial charge in [-0.05, 0) is 85.5 Å². The summed E-state index contributed by atoms with van der Waals surface area (Å²) in [6.07, 6.45) is 6.71. The lowest BCUT2D eigenvalue weighted by molar-refractivity contribution is 0.0935. The summed E-state index contributed by atoms with van der Waals surface area (Å²) in [5, 5.41) is 3.16. The Bertz CT molecular complexity index is 1280. The predicted octanol–water partition coefficient (Wildman–Crippen LogP) is 5.72. The number of fused-ring (bicyclic) bond motifs is 1. The fourth-order valence-corrected chi connectivity index (χ4v) is 5.56. The third-order valence-electron chi connectivity index (χ3n) is 6.75. The fourth-order valence-electron chi connectivity index (χ4n) is 4.67. The first-order valence-electron chi connectivity index (χ1n) is 12.3. The van der Waals surface area contributed by atoms with Gasteiger partial charge in [-0.15, -0.1) is 0 Å². The van der Waals surface area contributed by atoms with Crippen LogP contribution in [0.5, 0.6) is 0 Å². The van der Waals surface area contributed by atoms with E-state index in [1.165, 1.54) is 34.5 Å². The Morgan fingerprint density at radius 1 is 0.943 bits per heavy atom. The van der Waals surface area contributed by atoms with Gasteiger partial charge in [0.15, 0.2) is 0 Å². The first-order chi connectivity index (χ1) is 16.7. The number of carbonyl (C=O) groups excluding carboxylic acids is 1. The summed E-state index contributed by atoms with van der Waals surface area (Å²) in [5.74, 6) is -0.162. The molecule has 0 aliphatic heterocycles. The maximum atomic E-state index is 13.0. The summed E-state index contributed by atoms with van der Waals surface area (Å²) in [6.45, 7) is 4.31. The van der Waals surface area contributed by atoms with Crippen molar-refractivity contribution in [3.05, 3.63) is 100 Å². The van der Waals surface area contributed by atoms with E-state index in [0.29, 0.717) is 11.3 Å². The summed E-state index contributed by atoms with van der Waals surface area (Å²) in [6, 6.07) is 21.1. The quantitative estimate of drug-likeness (QED) is 0.439. The summed E-state index contributed by atoms with van der Waals surface area (Å²) < 4.78 is 26.4. The van der Waals surface area contributed by atoms with Crippen LogP contribution in [-0.4, -0.2) is 20.6 Å². The van der Waals surface area contributed by atoms with Crippen LogP contribution in [0.3, 0.4) is 0 Å². The van der Waals surface area contributed by atoms with Crippen LogP contribution in [0.1, 0.15) is 70.4 Å². The predicted molar refractivity (Wildman–Crippen MR) is 142 cm³/mol. The molecule has 0 unspecified atom stereocenters. The highest BCUT2D eigenvalue weighted by atomic mass is 32.2. The van der Waals surface area contributed by atoms with E-state index in [0.717, 1.165) is 36.0 Å². The summed E-state index contributed by atoms with van der Waals surface area (Å²) in [5.41, 5.74) is 7.03. The maximum absolute atomic E-state index is 13.0. The first-order valence-corrected chi connectivity index (χ1v) is 14.2. The molecule has 3 aromatic rings. The van der Waals surface area contributed by atoms with Crippen molar-refractivity contribution in [3.8, 4) is 0 Å². The minimum absolute atomic E-state index is 0.0662. The second-order valence-corrected chi connectivity index (χ2v) is 11.4. The van der Waals surface area contributed by atoms with E-state index >= 15 is 0 Å². The second-order valence-electron chi connectivity index (χ2n) is 9.47. The van der Waals surface area contributed by atoms with E-state index in [1.807, 2.05) is 31.2 Å². The Labute approximate surface area is 209 Å². The molecular weight excluding hydrogens is 456 g/mol. The van der Waals surface area contributed by atoms with E-state index in [2.05, 4.69) is 30.4 Å². The van der Waals surface area contributed by atoms with Gasteiger partial charge in [0.2, 0.25) is 10.0 Å². The van der Waals surface area contributed by atoms with Crippen molar-refractivity contribution in [1.82, 2.24) is 5.32 Å². The van der Waals surface area contributed by atoms with E-state index in [-0.39, 0.29) is 18.5 Å². The van der Waals surface area contributed by atoms with Crippen molar-refractivity contribution in [1.29, 1.82) is 0 Å². The van der Waals surface area contributed by atoms with Gasteiger partial charge in [-0.3, -0.25) is 9.10 Å². The van der Waals surface area contributed by atoms with Crippen LogP contribution in [0, 0.1) is 6.92 Å². The van der Waals surface area contributed by atoms with E-state index in [1.54, 1.807) is 24.3 Å². The van der Waals surface area contributed by atoms with Crippen LogP contribution in [0.15, 0.2) is 66.7 Å². The van der Waals surface area contributed by atoms with Gasteiger partial charge in [-0.25, -0.2) is 8.42 Å². The van der Waals surface area contributed by atoms with Gasteiger partial charge in [0, 0.05) is 5.56 Å². The van der Waals surface area contributed by atoms with Gasteiger partial charge in [-0.2, -0.15) is 0 Å². The molecule has 1 aliphatic rings. The number of anilines is 1. The van der Waals surface area contributed by atoms with Crippen molar-refractivity contribution in [2.75, 3.05) is 10.6 Å². The molecule has 0 spiro atoms. The molecule has 1 atom stereocenters. The largest absolute Gasteiger partial charge is 0.345 e. The van der Waals surface area contributed by atoms with Crippen molar-refractivity contribution < 1.29 is 13.2 Å². The second kappa shape index (κ2) is 10.6. The molecule has 5 nitrogen and oxygen atoms in total. The lowest BCUT2D eigenvalue weighted by Crippen LogP contribution is -2.30. The molecule has 0 aromatic heterocycles. The van der Waals surface area contributed by atoms with Gasteiger partial charge < -0.3 is 5.32 Å². The molecule has 3 aromatic carbocycles. The van der Waals surface area contributed by atoms with Crippen LogP contribution in [0.25, 0.3) is 0 Å². The summed E-state index contributed by atoms with van der Waals surface area (Å²) in [7, 11) is -3.49. The highest BCUT2D eigenvalue weighted by Crippen LogP contribution is 2.27. The van der Waals surface area contributed by atoms with Gasteiger partial charge in [0.25, 0.3) is 5.91 Å². The van der Waals surface area contributed by atoms with Gasteiger partial charge >= 0.3 is 0 Å². The van der Waals surface area contributed by atoms with Crippen LogP contribution in [-0.2, 0) is 29.4 Å². The molecule has 35 heavy (non-hydrogen) atoms.